The number of hydrogen-bond donors (Lipinski definition) is 1. The van der Waals surface area contributed by atoms with Gasteiger partial charge in [-0.2, -0.15) is 0 Å². The van der Waals surface area contributed by atoms with Crippen LogP contribution < -0.4 is 5.73 Å². The van der Waals surface area contributed by atoms with Gasteiger partial charge in [0.1, 0.15) is 5.82 Å². The summed E-state index contributed by atoms with van der Waals surface area (Å²) in [7, 11) is 0. The van der Waals surface area contributed by atoms with Crippen molar-refractivity contribution in [3.8, 4) is 0 Å². The first kappa shape index (κ1) is 12.6. The van der Waals surface area contributed by atoms with Crippen LogP contribution in [0.1, 0.15) is 56.9 Å². The third kappa shape index (κ3) is 3.29. The molecule has 2 N–H and O–H groups in total. The molecule has 0 spiro atoms. The highest BCUT2D eigenvalue weighted by molar-refractivity contribution is 5.24. The second-order valence-corrected chi connectivity index (χ2v) is 5.28. The molecular formula is C15H22FN. The van der Waals surface area contributed by atoms with Crippen LogP contribution in [0.4, 0.5) is 4.39 Å². The molecule has 0 amide bonds. The van der Waals surface area contributed by atoms with E-state index in [1.807, 2.05) is 12.1 Å². The fourth-order valence-electron chi connectivity index (χ4n) is 2.78. The predicted octanol–water partition coefficient (Wildman–Crippen LogP) is 4.11. The lowest BCUT2D eigenvalue weighted by Gasteiger charge is -2.30. The van der Waals surface area contributed by atoms with Crippen molar-refractivity contribution in [3.63, 3.8) is 0 Å². The Hall–Kier alpha value is -0.890. The van der Waals surface area contributed by atoms with Gasteiger partial charge in [0.25, 0.3) is 0 Å². The van der Waals surface area contributed by atoms with Crippen LogP contribution in [-0.2, 0) is 5.54 Å². The minimum absolute atomic E-state index is 0.180. The minimum Gasteiger partial charge on any atom is -0.321 e. The lowest BCUT2D eigenvalue weighted by Crippen LogP contribution is -2.36. The molecular weight excluding hydrogens is 213 g/mol. The second-order valence-electron chi connectivity index (χ2n) is 5.28. The van der Waals surface area contributed by atoms with E-state index in [0.717, 1.165) is 18.4 Å². The first-order chi connectivity index (χ1) is 8.21. The van der Waals surface area contributed by atoms with Gasteiger partial charge in [-0.05, 0) is 30.5 Å². The number of halogens is 1. The molecule has 0 atom stereocenters. The van der Waals surface area contributed by atoms with Crippen LogP contribution in [-0.4, -0.2) is 0 Å². The normalized spacial score (nSPS) is 21.3. The van der Waals surface area contributed by atoms with Gasteiger partial charge < -0.3 is 5.73 Å². The Kier molecular flexibility index (Phi) is 4.16. The van der Waals surface area contributed by atoms with Crippen LogP contribution in [0, 0.1) is 5.82 Å². The zero-order valence-corrected chi connectivity index (χ0v) is 10.4. The average molecular weight is 235 g/mol. The summed E-state index contributed by atoms with van der Waals surface area (Å²) < 4.78 is 12.9. The third-order valence-corrected chi connectivity index (χ3v) is 3.91. The van der Waals surface area contributed by atoms with E-state index in [4.69, 9.17) is 5.73 Å². The van der Waals surface area contributed by atoms with Crippen molar-refractivity contribution in [2.75, 3.05) is 0 Å². The number of benzene rings is 1. The van der Waals surface area contributed by atoms with E-state index in [0.29, 0.717) is 0 Å². The number of rotatable bonds is 1. The summed E-state index contributed by atoms with van der Waals surface area (Å²) in [5.74, 6) is -0.180. The Bertz CT molecular complexity index is 334. The highest BCUT2D eigenvalue weighted by Gasteiger charge is 2.26. The summed E-state index contributed by atoms with van der Waals surface area (Å²) in [5.41, 5.74) is 7.41. The monoisotopic (exact) mass is 235 g/mol. The number of nitrogens with two attached hydrogens (primary N) is 1. The van der Waals surface area contributed by atoms with Crippen molar-refractivity contribution >= 4 is 0 Å². The molecule has 1 aliphatic carbocycles. The van der Waals surface area contributed by atoms with Crippen LogP contribution in [0.3, 0.4) is 0 Å². The molecule has 17 heavy (non-hydrogen) atoms. The van der Waals surface area contributed by atoms with Gasteiger partial charge in [0.15, 0.2) is 0 Å². The van der Waals surface area contributed by atoms with Gasteiger partial charge in [0.2, 0.25) is 0 Å². The van der Waals surface area contributed by atoms with Crippen molar-refractivity contribution in [3.05, 3.63) is 35.6 Å². The highest BCUT2D eigenvalue weighted by Crippen LogP contribution is 2.32. The predicted molar refractivity (Wildman–Crippen MR) is 69.2 cm³/mol. The first-order valence-corrected chi connectivity index (χ1v) is 6.76. The molecule has 1 saturated carbocycles. The van der Waals surface area contributed by atoms with E-state index in [1.165, 1.54) is 50.7 Å². The molecule has 0 radical (unpaired) electrons. The smallest absolute Gasteiger partial charge is 0.123 e. The fraction of sp³-hybridized carbons (Fsp3) is 0.600. The topological polar surface area (TPSA) is 26.0 Å². The van der Waals surface area contributed by atoms with Crippen LogP contribution >= 0.6 is 0 Å². The Balaban J connectivity index is 2.15. The van der Waals surface area contributed by atoms with Crippen LogP contribution in [0.2, 0.25) is 0 Å². The van der Waals surface area contributed by atoms with E-state index in [2.05, 4.69) is 0 Å². The lowest BCUT2D eigenvalue weighted by atomic mass is 9.82. The summed E-state index contributed by atoms with van der Waals surface area (Å²) in [5, 5.41) is 0. The minimum atomic E-state index is -0.238. The average Bonchev–Trinajstić information content (AvgIpc) is 2.43. The van der Waals surface area contributed by atoms with Crippen molar-refractivity contribution < 1.29 is 4.39 Å². The summed E-state index contributed by atoms with van der Waals surface area (Å²) in [6.07, 6.45) is 9.65. The Morgan fingerprint density at radius 1 is 0.824 bits per heavy atom. The van der Waals surface area contributed by atoms with Crippen molar-refractivity contribution in [2.24, 2.45) is 5.73 Å². The van der Waals surface area contributed by atoms with Crippen LogP contribution in [0.15, 0.2) is 24.3 Å². The second kappa shape index (κ2) is 5.63. The number of hydrogen-bond acceptors (Lipinski definition) is 1. The van der Waals surface area contributed by atoms with E-state index >= 15 is 0 Å². The van der Waals surface area contributed by atoms with Gasteiger partial charge in [-0.3, -0.25) is 0 Å². The molecule has 1 aromatic rings. The lowest BCUT2D eigenvalue weighted by molar-refractivity contribution is 0.359. The zero-order chi connectivity index (χ0) is 12.1. The van der Waals surface area contributed by atoms with Crippen molar-refractivity contribution in [2.45, 2.75) is 56.9 Å². The largest absolute Gasteiger partial charge is 0.321 e. The highest BCUT2D eigenvalue weighted by atomic mass is 19.1. The molecule has 1 fully saturated rings. The summed E-state index contributed by atoms with van der Waals surface area (Å²) in [6, 6.07) is 6.76. The quantitative estimate of drug-likeness (QED) is 0.778. The van der Waals surface area contributed by atoms with Crippen molar-refractivity contribution in [1.82, 2.24) is 0 Å². The maximum atomic E-state index is 12.9. The summed E-state index contributed by atoms with van der Waals surface area (Å²) >= 11 is 0. The molecule has 0 aromatic heterocycles. The molecule has 1 aliphatic rings. The Labute approximate surface area is 103 Å². The molecule has 1 aromatic carbocycles. The van der Waals surface area contributed by atoms with E-state index in [-0.39, 0.29) is 11.4 Å². The summed E-state index contributed by atoms with van der Waals surface area (Å²) in [6.45, 7) is 0. The molecule has 2 rings (SSSR count). The molecule has 0 aliphatic heterocycles. The molecule has 0 heterocycles. The van der Waals surface area contributed by atoms with E-state index < -0.39 is 0 Å². The van der Waals surface area contributed by atoms with E-state index in [1.54, 1.807) is 0 Å². The SMILES string of the molecule is NC1(c2ccc(F)cc2)CCCCCCCC1. The molecule has 0 unspecified atom stereocenters. The summed E-state index contributed by atoms with van der Waals surface area (Å²) in [4.78, 5) is 0. The van der Waals surface area contributed by atoms with Crippen LogP contribution in [0.25, 0.3) is 0 Å². The Morgan fingerprint density at radius 2 is 1.29 bits per heavy atom. The van der Waals surface area contributed by atoms with Gasteiger partial charge in [-0.25, -0.2) is 4.39 Å². The standard InChI is InChI=1S/C15H22FN/c16-14-9-7-13(8-10-14)15(17)11-5-3-1-2-4-6-12-15/h7-10H,1-6,11-12,17H2. The Morgan fingerprint density at radius 3 is 1.82 bits per heavy atom. The van der Waals surface area contributed by atoms with Gasteiger partial charge >= 0.3 is 0 Å². The van der Waals surface area contributed by atoms with E-state index in [9.17, 15) is 4.39 Å². The molecule has 2 heteroatoms. The molecule has 0 bridgehead atoms. The molecule has 1 nitrogen and oxygen atoms in total. The third-order valence-electron chi connectivity index (χ3n) is 3.91. The molecule has 0 saturated heterocycles. The maximum Gasteiger partial charge on any atom is 0.123 e. The molecule has 94 valence electrons. The zero-order valence-electron chi connectivity index (χ0n) is 10.4. The first-order valence-electron chi connectivity index (χ1n) is 6.76. The maximum absolute atomic E-state index is 12.9. The van der Waals surface area contributed by atoms with Gasteiger partial charge in [-0.1, -0.05) is 50.7 Å². The van der Waals surface area contributed by atoms with Gasteiger partial charge in [0, 0.05) is 5.54 Å². The fourth-order valence-corrected chi connectivity index (χ4v) is 2.78. The van der Waals surface area contributed by atoms with Gasteiger partial charge in [0.05, 0.1) is 0 Å². The van der Waals surface area contributed by atoms with Crippen molar-refractivity contribution in [1.29, 1.82) is 0 Å². The van der Waals surface area contributed by atoms with Crippen LogP contribution in [0.5, 0.6) is 0 Å². The van der Waals surface area contributed by atoms with Gasteiger partial charge in [-0.15, -0.1) is 0 Å².